The van der Waals surface area contributed by atoms with Gasteiger partial charge in [0.1, 0.15) is 5.15 Å². The number of aryl methyl sites for hydroxylation is 2. The average Bonchev–Trinajstić information content (AvgIpc) is 2.48. The molecule has 0 spiro atoms. The molecule has 4 heteroatoms. The lowest BCUT2D eigenvalue weighted by Gasteiger charge is -2.27. The molecule has 0 radical (unpaired) electrons. The standard InChI is InChI=1S/C15H28ClN3/c1-10(2)12(9-17-15(4,5)6)8-13-11(3)18-19(7)14(13)16/h10,12,17H,8-9H2,1-7H3. The molecular weight excluding hydrogens is 258 g/mol. The molecule has 1 rings (SSSR count). The molecule has 19 heavy (non-hydrogen) atoms. The second kappa shape index (κ2) is 6.27. The minimum atomic E-state index is 0.154. The van der Waals surface area contributed by atoms with Gasteiger partial charge in [-0.3, -0.25) is 4.68 Å². The largest absolute Gasteiger partial charge is 0.312 e. The monoisotopic (exact) mass is 285 g/mol. The molecule has 1 atom stereocenters. The molecule has 0 aromatic carbocycles. The maximum Gasteiger partial charge on any atom is 0.130 e. The molecule has 0 aliphatic carbocycles. The topological polar surface area (TPSA) is 29.9 Å². The Hall–Kier alpha value is -0.540. The van der Waals surface area contributed by atoms with E-state index < -0.39 is 0 Å². The second-order valence-electron chi connectivity index (χ2n) is 6.82. The molecule has 0 fully saturated rings. The Morgan fingerprint density at radius 2 is 1.89 bits per heavy atom. The van der Waals surface area contributed by atoms with Crippen LogP contribution in [0.25, 0.3) is 0 Å². The molecule has 0 saturated heterocycles. The Bertz CT molecular complexity index is 416. The molecule has 3 nitrogen and oxygen atoms in total. The normalized spacial score (nSPS) is 14.2. The van der Waals surface area contributed by atoms with E-state index in [4.69, 9.17) is 11.6 Å². The van der Waals surface area contributed by atoms with E-state index >= 15 is 0 Å². The van der Waals surface area contributed by atoms with Crippen molar-refractivity contribution < 1.29 is 0 Å². The van der Waals surface area contributed by atoms with Crippen molar-refractivity contribution in [1.82, 2.24) is 15.1 Å². The van der Waals surface area contributed by atoms with Gasteiger partial charge in [0.05, 0.1) is 5.69 Å². The minimum Gasteiger partial charge on any atom is -0.312 e. The number of hydrogen-bond donors (Lipinski definition) is 1. The van der Waals surface area contributed by atoms with Gasteiger partial charge < -0.3 is 5.32 Å². The van der Waals surface area contributed by atoms with Gasteiger partial charge in [-0.25, -0.2) is 0 Å². The maximum atomic E-state index is 6.33. The molecular formula is C15H28ClN3. The summed E-state index contributed by atoms with van der Waals surface area (Å²) in [5, 5.41) is 8.77. The molecule has 0 aliphatic heterocycles. The SMILES string of the molecule is Cc1nn(C)c(Cl)c1CC(CNC(C)(C)C)C(C)C. The van der Waals surface area contributed by atoms with E-state index in [0.717, 1.165) is 23.8 Å². The first-order valence-electron chi connectivity index (χ1n) is 7.05. The molecule has 1 aromatic rings. The fraction of sp³-hybridized carbons (Fsp3) is 0.800. The lowest BCUT2D eigenvalue weighted by Crippen LogP contribution is -2.40. The van der Waals surface area contributed by atoms with E-state index in [-0.39, 0.29) is 5.54 Å². The summed E-state index contributed by atoms with van der Waals surface area (Å²) in [5.41, 5.74) is 2.40. The highest BCUT2D eigenvalue weighted by molar-refractivity contribution is 6.30. The number of nitrogens with one attached hydrogen (secondary N) is 1. The first-order valence-corrected chi connectivity index (χ1v) is 7.42. The Balaban J connectivity index is 2.79. The quantitative estimate of drug-likeness (QED) is 0.896. The summed E-state index contributed by atoms with van der Waals surface area (Å²) in [5.74, 6) is 1.19. The van der Waals surface area contributed by atoms with E-state index in [2.05, 4.69) is 45.0 Å². The predicted molar refractivity (Wildman–Crippen MR) is 82.7 cm³/mol. The fourth-order valence-electron chi connectivity index (χ4n) is 2.15. The van der Waals surface area contributed by atoms with Crippen LogP contribution in [0.3, 0.4) is 0 Å². The zero-order valence-corrected chi connectivity index (χ0v) is 14.1. The van der Waals surface area contributed by atoms with E-state index in [9.17, 15) is 0 Å². The molecule has 1 unspecified atom stereocenters. The van der Waals surface area contributed by atoms with Gasteiger partial charge in [-0.1, -0.05) is 25.4 Å². The average molecular weight is 286 g/mol. The van der Waals surface area contributed by atoms with Crippen LogP contribution >= 0.6 is 11.6 Å². The molecule has 1 aromatic heterocycles. The summed E-state index contributed by atoms with van der Waals surface area (Å²) in [6, 6.07) is 0. The summed E-state index contributed by atoms with van der Waals surface area (Å²) >= 11 is 6.33. The maximum absolute atomic E-state index is 6.33. The first kappa shape index (κ1) is 16.5. The van der Waals surface area contributed by atoms with Crippen molar-refractivity contribution in [2.24, 2.45) is 18.9 Å². The lowest BCUT2D eigenvalue weighted by atomic mass is 9.88. The lowest BCUT2D eigenvalue weighted by molar-refractivity contribution is 0.312. The Morgan fingerprint density at radius 3 is 2.26 bits per heavy atom. The van der Waals surface area contributed by atoms with Crippen LogP contribution in [0.15, 0.2) is 0 Å². The van der Waals surface area contributed by atoms with Gasteiger partial charge in [-0.15, -0.1) is 0 Å². The number of rotatable bonds is 5. The first-order chi connectivity index (χ1) is 8.61. The molecule has 0 aliphatic rings. The van der Waals surface area contributed by atoms with Gasteiger partial charge in [0.2, 0.25) is 0 Å². The van der Waals surface area contributed by atoms with E-state index in [0.29, 0.717) is 11.8 Å². The Kier molecular flexibility index (Phi) is 5.45. The summed E-state index contributed by atoms with van der Waals surface area (Å²) < 4.78 is 1.76. The molecule has 0 bridgehead atoms. The van der Waals surface area contributed by atoms with Gasteiger partial charge >= 0.3 is 0 Å². The minimum absolute atomic E-state index is 0.154. The Labute approximate surface area is 122 Å². The van der Waals surface area contributed by atoms with Crippen LogP contribution in [0.5, 0.6) is 0 Å². The third-order valence-corrected chi connectivity index (χ3v) is 4.05. The zero-order chi connectivity index (χ0) is 14.8. The van der Waals surface area contributed by atoms with Crippen LogP contribution in [0.1, 0.15) is 45.9 Å². The number of aromatic nitrogens is 2. The highest BCUT2D eigenvalue weighted by Crippen LogP contribution is 2.25. The van der Waals surface area contributed by atoms with Gasteiger partial charge in [0, 0.05) is 18.2 Å². The van der Waals surface area contributed by atoms with Gasteiger partial charge in [0.15, 0.2) is 0 Å². The number of halogens is 1. The molecule has 110 valence electrons. The fourth-order valence-corrected chi connectivity index (χ4v) is 2.40. The van der Waals surface area contributed by atoms with Crippen molar-refractivity contribution in [3.05, 3.63) is 16.4 Å². The second-order valence-corrected chi connectivity index (χ2v) is 7.18. The molecule has 0 amide bonds. The third-order valence-electron chi connectivity index (χ3n) is 3.57. The summed E-state index contributed by atoms with van der Waals surface area (Å²) in [4.78, 5) is 0. The summed E-state index contributed by atoms with van der Waals surface area (Å²) in [7, 11) is 1.90. The van der Waals surface area contributed by atoms with Crippen molar-refractivity contribution in [3.63, 3.8) is 0 Å². The van der Waals surface area contributed by atoms with Crippen molar-refractivity contribution in [3.8, 4) is 0 Å². The van der Waals surface area contributed by atoms with Crippen molar-refractivity contribution in [2.45, 2.75) is 53.5 Å². The van der Waals surface area contributed by atoms with Crippen molar-refractivity contribution >= 4 is 11.6 Å². The zero-order valence-electron chi connectivity index (χ0n) is 13.3. The van der Waals surface area contributed by atoms with Crippen LogP contribution in [0.4, 0.5) is 0 Å². The van der Waals surface area contributed by atoms with Crippen LogP contribution in [0, 0.1) is 18.8 Å². The third kappa shape index (κ3) is 4.81. The molecule has 1 heterocycles. The van der Waals surface area contributed by atoms with E-state index in [1.807, 2.05) is 14.0 Å². The molecule has 1 N–H and O–H groups in total. The van der Waals surface area contributed by atoms with Gasteiger partial charge in [-0.05, 0) is 52.5 Å². The highest BCUT2D eigenvalue weighted by atomic mass is 35.5. The number of hydrogen-bond acceptors (Lipinski definition) is 2. The van der Waals surface area contributed by atoms with Crippen molar-refractivity contribution in [1.29, 1.82) is 0 Å². The summed E-state index contributed by atoms with van der Waals surface area (Å²) in [6.45, 7) is 14.2. The van der Waals surface area contributed by atoms with Gasteiger partial charge in [0.25, 0.3) is 0 Å². The van der Waals surface area contributed by atoms with Crippen LogP contribution < -0.4 is 5.32 Å². The van der Waals surface area contributed by atoms with E-state index in [1.165, 1.54) is 5.56 Å². The van der Waals surface area contributed by atoms with Crippen LogP contribution in [-0.2, 0) is 13.5 Å². The van der Waals surface area contributed by atoms with E-state index in [1.54, 1.807) is 4.68 Å². The molecule has 0 saturated carbocycles. The van der Waals surface area contributed by atoms with Crippen LogP contribution in [0.2, 0.25) is 5.15 Å². The predicted octanol–water partition coefficient (Wildman–Crippen LogP) is 3.58. The van der Waals surface area contributed by atoms with Crippen molar-refractivity contribution in [2.75, 3.05) is 6.54 Å². The Morgan fingerprint density at radius 1 is 1.32 bits per heavy atom. The van der Waals surface area contributed by atoms with Crippen LogP contribution in [-0.4, -0.2) is 21.9 Å². The smallest absolute Gasteiger partial charge is 0.130 e. The highest BCUT2D eigenvalue weighted by Gasteiger charge is 2.21. The number of nitrogens with zero attached hydrogens (tertiary/aromatic N) is 2. The summed E-state index contributed by atoms with van der Waals surface area (Å²) in [6.07, 6.45) is 0.985. The van der Waals surface area contributed by atoms with Gasteiger partial charge in [-0.2, -0.15) is 5.10 Å².